The van der Waals surface area contributed by atoms with Gasteiger partial charge in [-0.2, -0.15) is 13.8 Å². The number of nitrogens with zero attached hydrogens (tertiary/aromatic N) is 4. The molecule has 0 aliphatic rings. The van der Waals surface area contributed by atoms with Crippen molar-refractivity contribution in [2.24, 2.45) is 0 Å². The molecule has 0 saturated heterocycles. The van der Waals surface area contributed by atoms with Gasteiger partial charge in [0.1, 0.15) is 28.2 Å². The predicted octanol–water partition coefficient (Wildman–Crippen LogP) is 4.43. The predicted molar refractivity (Wildman–Crippen MR) is 138 cm³/mol. The molecule has 0 atom stereocenters. The maximum atomic E-state index is 12.6. The lowest BCUT2D eigenvalue weighted by Crippen LogP contribution is -2.15. The molecular formula is C25H20N4O6S2. The molecule has 5 rings (SSSR count). The van der Waals surface area contributed by atoms with Crippen LogP contribution in [0.25, 0.3) is 21.6 Å². The van der Waals surface area contributed by atoms with Gasteiger partial charge in [0.15, 0.2) is 12.3 Å². The molecule has 10 nitrogen and oxygen atoms in total. The van der Waals surface area contributed by atoms with Crippen LogP contribution in [0.5, 0.6) is 11.5 Å². The van der Waals surface area contributed by atoms with Crippen LogP contribution in [0.3, 0.4) is 0 Å². The second kappa shape index (κ2) is 10.4. The molecule has 0 amide bonds. The highest BCUT2D eigenvalue weighted by atomic mass is 32.1. The van der Waals surface area contributed by atoms with Crippen molar-refractivity contribution in [3.05, 3.63) is 76.3 Å². The molecule has 188 valence electrons. The van der Waals surface area contributed by atoms with E-state index in [9.17, 15) is 14.7 Å². The fourth-order valence-electron chi connectivity index (χ4n) is 4.00. The molecule has 0 bridgehead atoms. The number of benzene rings is 2. The molecule has 12 heteroatoms. The van der Waals surface area contributed by atoms with Crippen molar-refractivity contribution in [2.45, 2.75) is 13.0 Å². The van der Waals surface area contributed by atoms with Crippen molar-refractivity contribution in [2.75, 3.05) is 13.7 Å². The Hall–Kier alpha value is -4.29. The zero-order valence-corrected chi connectivity index (χ0v) is 21.1. The average Bonchev–Trinajstić information content (AvgIpc) is 3.63. The van der Waals surface area contributed by atoms with E-state index in [1.807, 2.05) is 35.7 Å². The molecule has 0 aliphatic heterocycles. The number of ether oxygens (including phenoxy) is 2. The molecule has 0 radical (unpaired) electrons. The summed E-state index contributed by atoms with van der Waals surface area (Å²) in [6.07, 6.45) is 0.327. The summed E-state index contributed by atoms with van der Waals surface area (Å²) in [7, 11) is 1.49. The van der Waals surface area contributed by atoms with Gasteiger partial charge >= 0.3 is 11.9 Å². The molecule has 3 aromatic heterocycles. The van der Waals surface area contributed by atoms with E-state index in [1.54, 1.807) is 18.2 Å². The van der Waals surface area contributed by atoms with Crippen molar-refractivity contribution < 1.29 is 29.3 Å². The Bertz CT molecular complexity index is 1590. The van der Waals surface area contributed by atoms with Crippen LogP contribution < -0.4 is 9.47 Å². The van der Waals surface area contributed by atoms with Crippen LogP contribution in [0.4, 0.5) is 0 Å². The fourth-order valence-corrected chi connectivity index (χ4v) is 5.26. The van der Waals surface area contributed by atoms with Gasteiger partial charge in [-0.1, -0.05) is 12.1 Å². The topological polar surface area (TPSA) is 137 Å². The molecule has 2 aromatic carbocycles. The molecule has 0 aliphatic carbocycles. The number of aromatic carboxylic acids is 1. The summed E-state index contributed by atoms with van der Waals surface area (Å²) < 4.78 is 20.7. The number of carboxylic acids is 2. The number of aromatic nitrogens is 4. The van der Waals surface area contributed by atoms with E-state index in [1.165, 1.54) is 23.1 Å². The van der Waals surface area contributed by atoms with Gasteiger partial charge in [-0.3, -0.25) is 4.68 Å². The summed E-state index contributed by atoms with van der Waals surface area (Å²) in [5.41, 5.74) is 4.17. The molecule has 0 spiro atoms. The second-order valence-electron chi connectivity index (χ2n) is 8.04. The number of aliphatic carboxylic acids is 1. The molecule has 37 heavy (non-hydrogen) atoms. The van der Waals surface area contributed by atoms with Gasteiger partial charge < -0.3 is 19.7 Å². The first-order chi connectivity index (χ1) is 17.9. The summed E-state index contributed by atoms with van der Waals surface area (Å²) in [6.45, 7) is -0.501. The van der Waals surface area contributed by atoms with E-state index in [0.29, 0.717) is 29.0 Å². The molecule has 0 saturated carbocycles. The van der Waals surface area contributed by atoms with Crippen molar-refractivity contribution in [3.63, 3.8) is 0 Å². The molecule has 3 heterocycles. The van der Waals surface area contributed by atoms with Crippen LogP contribution in [0.2, 0.25) is 0 Å². The summed E-state index contributed by atoms with van der Waals surface area (Å²) in [6, 6.07) is 14.4. The van der Waals surface area contributed by atoms with Gasteiger partial charge in [-0.05, 0) is 41.3 Å². The Kier molecular flexibility index (Phi) is 6.84. The third-order valence-electron chi connectivity index (χ3n) is 5.65. The Morgan fingerprint density at radius 1 is 1.05 bits per heavy atom. The Morgan fingerprint density at radius 3 is 2.62 bits per heavy atom. The largest absolute Gasteiger partial charge is 0.497 e. The summed E-state index contributed by atoms with van der Waals surface area (Å²) in [4.78, 5) is 24.5. The highest BCUT2D eigenvalue weighted by Gasteiger charge is 2.26. The van der Waals surface area contributed by atoms with Crippen molar-refractivity contribution in [1.82, 2.24) is 18.5 Å². The van der Waals surface area contributed by atoms with E-state index in [0.717, 1.165) is 33.2 Å². The van der Waals surface area contributed by atoms with Crippen LogP contribution in [0.1, 0.15) is 27.2 Å². The maximum Gasteiger partial charge on any atom is 0.354 e. The highest BCUT2D eigenvalue weighted by Crippen LogP contribution is 2.33. The third kappa shape index (κ3) is 5.15. The first-order valence-corrected chi connectivity index (χ1v) is 12.6. The Balaban J connectivity index is 1.59. The fraction of sp³-hybridized carbons (Fsp3) is 0.160. The number of carboxylic acid groups (broad SMARTS) is 2. The van der Waals surface area contributed by atoms with E-state index in [4.69, 9.17) is 19.7 Å². The molecule has 5 aromatic rings. The molecule has 0 fully saturated rings. The second-order valence-corrected chi connectivity index (χ2v) is 9.51. The van der Waals surface area contributed by atoms with Crippen LogP contribution in [-0.4, -0.2) is 54.4 Å². The van der Waals surface area contributed by atoms with E-state index in [-0.39, 0.29) is 18.0 Å². The summed E-state index contributed by atoms with van der Waals surface area (Å²) >= 11 is 2.59. The highest BCUT2D eigenvalue weighted by molar-refractivity contribution is 7.13. The van der Waals surface area contributed by atoms with E-state index in [2.05, 4.69) is 8.75 Å². The normalized spacial score (nSPS) is 11.1. The smallest absolute Gasteiger partial charge is 0.354 e. The Morgan fingerprint density at radius 2 is 1.89 bits per heavy atom. The van der Waals surface area contributed by atoms with Crippen molar-refractivity contribution in [3.8, 4) is 22.1 Å². The van der Waals surface area contributed by atoms with Crippen LogP contribution in [0.15, 0.2) is 53.9 Å². The van der Waals surface area contributed by atoms with Crippen LogP contribution >= 0.6 is 23.1 Å². The van der Waals surface area contributed by atoms with Gasteiger partial charge in [0.2, 0.25) is 0 Å². The number of hydrogen-bond donors (Lipinski definition) is 2. The molecular weight excluding hydrogens is 516 g/mol. The SMILES string of the molecule is COc1ccc(Cn2nc(-c3cccs3)c(Cc3ccc4nsnc4c3)c2C(=O)O)c(OCC(=O)O)c1. The van der Waals surface area contributed by atoms with Crippen LogP contribution in [0, 0.1) is 0 Å². The summed E-state index contributed by atoms with van der Waals surface area (Å²) in [5.74, 6) is -1.50. The number of fused-ring (bicyclic) bond motifs is 1. The zero-order chi connectivity index (χ0) is 25.9. The van der Waals surface area contributed by atoms with Gasteiger partial charge in [0.05, 0.1) is 30.3 Å². The van der Waals surface area contributed by atoms with E-state index >= 15 is 0 Å². The minimum Gasteiger partial charge on any atom is -0.497 e. The quantitative estimate of drug-likeness (QED) is 0.266. The van der Waals surface area contributed by atoms with Gasteiger partial charge in [0.25, 0.3) is 0 Å². The standard InChI is InChI=1S/C25H20N4O6S2/c1-34-16-6-5-15(20(11-16)35-13-22(30)31)12-29-24(25(32)33)17(23(26-29)21-3-2-8-36-21)9-14-4-7-18-19(10-14)28-37-27-18/h2-8,10-11H,9,12-13H2,1H3,(H,30,31)(H,32,33). The van der Waals surface area contributed by atoms with Gasteiger partial charge in [-0.25, -0.2) is 9.59 Å². The molecule has 2 N–H and O–H groups in total. The number of carbonyl (C=O) groups is 2. The summed E-state index contributed by atoms with van der Waals surface area (Å²) in [5, 5.41) is 26.0. The number of rotatable bonds is 10. The number of hydrogen-bond acceptors (Lipinski definition) is 9. The van der Waals surface area contributed by atoms with Crippen molar-refractivity contribution >= 4 is 46.0 Å². The van der Waals surface area contributed by atoms with Crippen LogP contribution in [-0.2, 0) is 17.8 Å². The molecule has 0 unspecified atom stereocenters. The first-order valence-electron chi connectivity index (χ1n) is 11.0. The third-order valence-corrected chi connectivity index (χ3v) is 7.09. The van der Waals surface area contributed by atoms with Crippen molar-refractivity contribution in [1.29, 1.82) is 0 Å². The lowest BCUT2D eigenvalue weighted by Gasteiger charge is -2.13. The van der Waals surface area contributed by atoms with Gasteiger partial charge in [-0.15, -0.1) is 11.3 Å². The van der Waals surface area contributed by atoms with Gasteiger partial charge in [0, 0.05) is 23.6 Å². The minimum atomic E-state index is -1.13. The Labute approximate surface area is 218 Å². The number of methoxy groups -OCH3 is 1. The monoisotopic (exact) mass is 536 g/mol. The number of thiophene rings is 1. The lowest BCUT2D eigenvalue weighted by molar-refractivity contribution is -0.139. The minimum absolute atomic E-state index is 0.0416. The lowest BCUT2D eigenvalue weighted by atomic mass is 10.0. The zero-order valence-electron chi connectivity index (χ0n) is 19.5. The van der Waals surface area contributed by atoms with E-state index < -0.39 is 18.5 Å². The average molecular weight is 537 g/mol. The maximum absolute atomic E-state index is 12.6. The first kappa shape index (κ1) is 24.4.